The smallest absolute Gasteiger partial charge is 0.262 e. The number of halogens is 1. The van der Waals surface area contributed by atoms with Crippen LogP contribution in [0.4, 0.5) is 11.4 Å². The van der Waals surface area contributed by atoms with Crippen molar-refractivity contribution in [1.82, 2.24) is 0 Å². The molecule has 0 saturated heterocycles. The van der Waals surface area contributed by atoms with Crippen molar-refractivity contribution in [2.75, 3.05) is 17.6 Å². The molecule has 2 aromatic rings. The summed E-state index contributed by atoms with van der Waals surface area (Å²) in [5.74, 6) is 0.382. The van der Waals surface area contributed by atoms with Gasteiger partial charge in [0.25, 0.3) is 10.0 Å². The second-order valence-corrected chi connectivity index (χ2v) is 6.56. The molecule has 0 bridgehead atoms. The Kier molecular flexibility index (Phi) is 4.29. The van der Waals surface area contributed by atoms with Crippen LogP contribution in [0.1, 0.15) is 5.56 Å². The Hall–Kier alpha value is -1.92. The number of hydrogen-bond donors (Lipinski definition) is 2. The first-order chi connectivity index (χ1) is 9.83. The third kappa shape index (κ3) is 3.40. The van der Waals surface area contributed by atoms with Gasteiger partial charge in [-0.05, 0) is 42.8 Å². The standard InChI is InChI=1S/C14H15ClN2O3S/c1-9-3-4-10(15)7-14(9)21(18,19)17-12-8-11(16)5-6-13(12)20-2/h3-8,17H,16H2,1-2H3. The fourth-order valence-corrected chi connectivity index (χ4v) is 3.44. The largest absolute Gasteiger partial charge is 0.495 e. The van der Waals surface area contributed by atoms with E-state index in [0.29, 0.717) is 22.0 Å². The molecule has 0 aliphatic heterocycles. The van der Waals surface area contributed by atoms with E-state index < -0.39 is 10.0 Å². The van der Waals surface area contributed by atoms with Crippen LogP contribution in [0, 0.1) is 6.92 Å². The Morgan fingerprint density at radius 1 is 1.19 bits per heavy atom. The molecule has 0 radical (unpaired) electrons. The fourth-order valence-electron chi connectivity index (χ4n) is 1.87. The maximum absolute atomic E-state index is 12.5. The predicted molar refractivity (Wildman–Crippen MR) is 84.4 cm³/mol. The van der Waals surface area contributed by atoms with E-state index in [9.17, 15) is 8.42 Å². The second-order valence-electron chi connectivity index (χ2n) is 4.48. The van der Waals surface area contributed by atoms with E-state index >= 15 is 0 Å². The van der Waals surface area contributed by atoms with Crippen molar-refractivity contribution in [2.45, 2.75) is 11.8 Å². The number of rotatable bonds is 4. The average molecular weight is 327 g/mol. The van der Waals surface area contributed by atoms with Crippen molar-refractivity contribution in [3.8, 4) is 5.75 Å². The Morgan fingerprint density at radius 2 is 1.90 bits per heavy atom. The molecule has 0 saturated carbocycles. The summed E-state index contributed by atoms with van der Waals surface area (Å²) in [4.78, 5) is 0.111. The molecule has 21 heavy (non-hydrogen) atoms. The summed E-state index contributed by atoms with van der Waals surface area (Å²) < 4.78 is 32.6. The summed E-state index contributed by atoms with van der Waals surface area (Å²) in [7, 11) is -2.33. The first kappa shape index (κ1) is 15.5. The zero-order chi connectivity index (χ0) is 15.6. The summed E-state index contributed by atoms with van der Waals surface area (Å²) in [6, 6.07) is 9.40. The van der Waals surface area contributed by atoms with E-state index in [1.807, 2.05) is 0 Å². The molecule has 2 aromatic carbocycles. The summed E-state index contributed by atoms with van der Waals surface area (Å²) >= 11 is 5.87. The summed E-state index contributed by atoms with van der Waals surface area (Å²) in [5.41, 5.74) is 6.98. The van der Waals surface area contributed by atoms with Crippen molar-refractivity contribution < 1.29 is 13.2 Å². The molecule has 3 N–H and O–H groups in total. The first-order valence-corrected chi connectivity index (χ1v) is 7.92. The number of ether oxygens (including phenoxy) is 1. The molecule has 5 nitrogen and oxygen atoms in total. The van der Waals surface area contributed by atoms with Crippen LogP contribution in [-0.2, 0) is 10.0 Å². The van der Waals surface area contributed by atoms with E-state index in [0.717, 1.165) is 0 Å². The van der Waals surface area contributed by atoms with Gasteiger partial charge in [-0.2, -0.15) is 0 Å². The Labute approximate surface area is 128 Å². The number of hydrogen-bond acceptors (Lipinski definition) is 4. The topological polar surface area (TPSA) is 81.4 Å². The Morgan fingerprint density at radius 3 is 2.57 bits per heavy atom. The molecular weight excluding hydrogens is 312 g/mol. The van der Waals surface area contributed by atoms with E-state index in [2.05, 4.69) is 4.72 Å². The molecule has 0 aliphatic rings. The van der Waals surface area contributed by atoms with Gasteiger partial charge >= 0.3 is 0 Å². The number of anilines is 2. The molecule has 0 heterocycles. The minimum Gasteiger partial charge on any atom is -0.495 e. The maximum atomic E-state index is 12.5. The summed E-state index contributed by atoms with van der Waals surface area (Å²) in [6.07, 6.45) is 0. The Bertz CT molecular complexity index is 776. The van der Waals surface area contributed by atoms with E-state index in [1.165, 1.54) is 19.2 Å². The van der Waals surface area contributed by atoms with Gasteiger partial charge in [0.2, 0.25) is 0 Å². The average Bonchev–Trinajstić information content (AvgIpc) is 2.41. The van der Waals surface area contributed by atoms with Crippen LogP contribution in [0.3, 0.4) is 0 Å². The van der Waals surface area contributed by atoms with Gasteiger partial charge in [0.15, 0.2) is 0 Å². The molecule has 7 heteroatoms. The quantitative estimate of drug-likeness (QED) is 0.846. The Balaban J connectivity index is 2.47. The monoisotopic (exact) mass is 326 g/mol. The number of benzene rings is 2. The van der Waals surface area contributed by atoms with Crippen LogP contribution in [0.25, 0.3) is 0 Å². The zero-order valence-electron chi connectivity index (χ0n) is 11.6. The van der Waals surface area contributed by atoms with Crippen molar-refractivity contribution in [2.24, 2.45) is 0 Å². The highest BCUT2D eigenvalue weighted by molar-refractivity contribution is 7.92. The van der Waals surface area contributed by atoms with E-state index in [-0.39, 0.29) is 10.6 Å². The normalized spacial score (nSPS) is 11.2. The molecular formula is C14H15ClN2O3S. The van der Waals surface area contributed by atoms with E-state index in [1.54, 1.807) is 31.2 Å². The highest BCUT2D eigenvalue weighted by atomic mass is 35.5. The third-order valence-corrected chi connectivity index (χ3v) is 4.65. The van der Waals surface area contributed by atoms with Gasteiger partial charge < -0.3 is 10.5 Å². The van der Waals surface area contributed by atoms with Gasteiger partial charge in [-0.15, -0.1) is 0 Å². The molecule has 2 rings (SSSR count). The maximum Gasteiger partial charge on any atom is 0.262 e. The number of sulfonamides is 1. The van der Waals surface area contributed by atoms with Crippen molar-refractivity contribution >= 4 is 33.0 Å². The fraction of sp³-hybridized carbons (Fsp3) is 0.143. The lowest BCUT2D eigenvalue weighted by molar-refractivity contribution is 0.417. The number of nitrogen functional groups attached to an aromatic ring is 1. The minimum absolute atomic E-state index is 0.111. The predicted octanol–water partition coefficient (Wildman–Crippen LogP) is 3.04. The third-order valence-electron chi connectivity index (χ3n) is 2.91. The van der Waals surface area contributed by atoms with E-state index in [4.69, 9.17) is 22.1 Å². The molecule has 0 spiro atoms. The molecule has 0 unspecified atom stereocenters. The lowest BCUT2D eigenvalue weighted by Gasteiger charge is -2.14. The number of nitrogens with one attached hydrogen (secondary N) is 1. The van der Waals surface area contributed by atoms with Crippen LogP contribution in [0.5, 0.6) is 5.75 Å². The second kappa shape index (κ2) is 5.83. The molecule has 0 fully saturated rings. The lowest BCUT2D eigenvalue weighted by Crippen LogP contribution is -2.15. The number of nitrogens with two attached hydrogens (primary N) is 1. The van der Waals surface area contributed by atoms with Gasteiger partial charge in [-0.1, -0.05) is 17.7 Å². The van der Waals surface area contributed by atoms with Crippen LogP contribution in [-0.4, -0.2) is 15.5 Å². The van der Waals surface area contributed by atoms with Crippen LogP contribution in [0.2, 0.25) is 5.02 Å². The molecule has 0 amide bonds. The zero-order valence-corrected chi connectivity index (χ0v) is 13.1. The van der Waals surface area contributed by atoms with Gasteiger partial charge in [0.1, 0.15) is 5.75 Å². The highest BCUT2D eigenvalue weighted by Crippen LogP contribution is 2.30. The first-order valence-electron chi connectivity index (χ1n) is 6.06. The highest BCUT2D eigenvalue weighted by Gasteiger charge is 2.19. The molecule has 112 valence electrons. The SMILES string of the molecule is COc1ccc(N)cc1NS(=O)(=O)c1cc(Cl)ccc1C. The molecule has 0 aromatic heterocycles. The van der Waals surface area contributed by atoms with Crippen molar-refractivity contribution in [3.05, 3.63) is 47.0 Å². The van der Waals surface area contributed by atoms with Crippen molar-refractivity contribution in [1.29, 1.82) is 0 Å². The summed E-state index contributed by atoms with van der Waals surface area (Å²) in [6.45, 7) is 1.70. The summed E-state index contributed by atoms with van der Waals surface area (Å²) in [5, 5.41) is 0.348. The number of methoxy groups -OCH3 is 1. The van der Waals surface area contributed by atoms with Gasteiger partial charge in [-0.25, -0.2) is 8.42 Å². The molecule has 0 atom stereocenters. The van der Waals surface area contributed by atoms with Gasteiger partial charge in [-0.3, -0.25) is 4.72 Å². The van der Waals surface area contributed by atoms with Crippen LogP contribution in [0.15, 0.2) is 41.3 Å². The molecule has 0 aliphatic carbocycles. The lowest BCUT2D eigenvalue weighted by atomic mass is 10.2. The van der Waals surface area contributed by atoms with Gasteiger partial charge in [0.05, 0.1) is 17.7 Å². The van der Waals surface area contributed by atoms with Gasteiger partial charge in [0, 0.05) is 10.7 Å². The number of aryl methyl sites for hydroxylation is 1. The van der Waals surface area contributed by atoms with Crippen LogP contribution < -0.4 is 15.2 Å². The van der Waals surface area contributed by atoms with Crippen LogP contribution >= 0.6 is 11.6 Å². The minimum atomic E-state index is -3.79. The van der Waals surface area contributed by atoms with Crippen molar-refractivity contribution in [3.63, 3.8) is 0 Å².